The minimum absolute atomic E-state index is 0.152. The summed E-state index contributed by atoms with van der Waals surface area (Å²) in [5.41, 5.74) is 1.57. The number of sulfonamides is 1. The van der Waals surface area contributed by atoms with Crippen LogP contribution >= 0.6 is 0 Å². The van der Waals surface area contributed by atoms with Crippen molar-refractivity contribution in [1.29, 1.82) is 0 Å². The van der Waals surface area contributed by atoms with Gasteiger partial charge in [-0.05, 0) is 29.7 Å². The highest BCUT2D eigenvalue weighted by atomic mass is 32.2. The molecular weight excluding hydrogens is 378 g/mol. The Bertz CT molecular complexity index is 1260. The summed E-state index contributed by atoms with van der Waals surface area (Å²) in [5.74, 6) is -0.780. The zero-order valence-electron chi connectivity index (χ0n) is 14.6. The van der Waals surface area contributed by atoms with Gasteiger partial charge in [0.05, 0.1) is 22.0 Å². The van der Waals surface area contributed by atoms with Crippen LogP contribution in [0.4, 0.5) is 17.1 Å². The van der Waals surface area contributed by atoms with Gasteiger partial charge in [0, 0.05) is 5.39 Å². The van der Waals surface area contributed by atoms with Gasteiger partial charge in [-0.1, -0.05) is 36.4 Å². The highest BCUT2D eigenvalue weighted by Gasteiger charge is 2.38. The van der Waals surface area contributed by atoms with Crippen LogP contribution in [0.2, 0.25) is 0 Å². The fourth-order valence-electron chi connectivity index (χ4n) is 3.79. The molecule has 0 spiro atoms. The highest BCUT2D eigenvalue weighted by Crippen LogP contribution is 2.42. The topological polar surface area (TPSA) is 86.8 Å². The van der Waals surface area contributed by atoms with E-state index in [1.807, 2.05) is 12.1 Å². The molecule has 3 aromatic carbocycles. The van der Waals surface area contributed by atoms with Crippen molar-refractivity contribution in [2.75, 3.05) is 27.6 Å². The van der Waals surface area contributed by atoms with Crippen molar-refractivity contribution in [3.8, 4) is 0 Å². The number of hydrogen-bond donors (Lipinski definition) is 1. The van der Waals surface area contributed by atoms with E-state index in [4.69, 9.17) is 0 Å². The lowest BCUT2D eigenvalue weighted by Gasteiger charge is -2.30. The predicted octanol–water partition coefficient (Wildman–Crippen LogP) is 2.33. The average Bonchev–Trinajstić information content (AvgIpc) is 2.90. The van der Waals surface area contributed by atoms with Crippen LogP contribution in [0.3, 0.4) is 0 Å². The zero-order valence-corrected chi connectivity index (χ0v) is 15.4. The molecule has 140 valence electrons. The molecule has 0 unspecified atom stereocenters. The van der Waals surface area contributed by atoms with Gasteiger partial charge in [-0.3, -0.25) is 18.8 Å². The van der Waals surface area contributed by atoms with Crippen LogP contribution in [-0.2, 0) is 19.6 Å². The summed E-state index contributed by atoms with van der Waals surface area (Å²) in [4.78, 5) is 26.6. The van der Waals surface area contributed by atoms with Crippen molar-refractivity contribution in [3.05, 3.63) is 60.7 Å². The monoisotopic (exact) mass is 393 g/mol. The predicted molar refractivity (Wildman–Crippen MR) is 106 cm³/mol. The number of nitrogens with one attached hydrogen (secondary N) is 1. The van der Waals surface area contributed by atoms with Crippen LogP contribution in [0.25, 0.3) is 10.8 Å². The standard InChI is InChI=1S/C20H15N3O4S/c24-18-11-22(15-8-2-1-7-14(15)21-18)19(25)12-23-16-9-3-5-13-6-4-10-17(20(13)16)28(23,26)27/h1-10H,11-12H2,(H,21,24). The Morgan fingerprint density at radius 3 is 2.50 bits per heavy atom. The molecule has 2 aliphatic rings. The summed E-state index contributed by atoms with van der Waals surface area (Å²) in [6.45, 7) is -0.529. The van der Waals surface area contributed by atoms with Crippen LogP contribution in [-0.4, -0.2) is 33.3 Å². The summed E-state index contributed by atoms with van der Waals surface area (Å²) in [5, 5.41) is 4.14. The first kappa shape index (κ1) is 16.8. The van der Waals surface area contributed by atoms with E-state index < -0.39 is 15.9 Å². The third-order valence-corrected chi connectivity index (χ3v) is 6.83. The molecule has 0 atom stereocenters. The van der Waals surface area contributed by atoms with E-state index >= 15 is 0 Å². The number of carbonyl (C=O) groups excluding carboxylic acids is 2. The van der Waals surface area contributed by atoms with Crippen LogP contribution in [0.15, 0.2) is 65.6 Å². The Morgan fingerprint density at radius 1 is 0.964 bits per heavy atom. The maximum atomic E-state index is 13.1. The van der Waals surface area contributed by atoms with Gasteiger partial charge in [-0.15, -0.1) is 0 Å². The molecule has 0 radical (unpaired) electrons. The van der Waals surface area contributed by atoms with E-state index in [1.165, 1.54) is 4.90 Å². The zero-order chi connectivity index (χ0) is 19.5. The summed E-state index contributed by atoms with van der Waals surface area (Å²) in [6.07, 6.45) is 0. The van der Waals surface area contributed by atoms with E-state index in [0.717, 1.165) is 9.69 Å². The molecule has 0 bridgehead atoms. The van der Waals surface area contributed by atoms with Gasteiger partial charge in [0.2, 0.25) is 11.8 Å². The Labute approximate surface area is 161 Å². The number of fused-ring (bicyclic) bond motifs is 1. The number of carbonyl (C=O) groups is 2. The molecule has 0 saturated heterocycles. The van der Waals surface area contributed by atoms with Gasteiger partial charge < -0.3 is 5.32 Å². The summed E-state index contributed by atoms with van der Waals surface area (Å²) in [6, 6.07) is 17.3. The SMILES string of the molecule is O=C1CN(C(=O)CN2c3cccc4cccc(c34)S2(=O)=O)c2ccccc2N1. The van der Waals surface area contributed by atoms with Gasteiger partial charge in [-0.2, -0.15) is 0 Å². The minimum atomic E-state index is -3.84. The molecule has 1 N–H and O–H groups in total. The number of para-hydroxylation sites is 2. The largest absolute Gasteiger partial charge is 0.323 e. The van der Waals surface area contributed by atoms with Crippen molar-refractivity contribution < 1.29 is 18.0 Å². The molecule has 0 saturated carbocycles. The maximum absolute atomic E-state index is 13.1. The number of nitrogens with zero attached hydrogens (tertiary/aromatic N) is 2. The van der Waals surface area contributed by atoms with E-state index in [-0.39, 0.29) is 23.9 Å². The molecule has 2 heterocycles. The lowest BCUT2D eigenvalue weighted by molar-refractivity contribution is -0.121. The molecule has 2 amide bonds. The van der Waals surface area contributed by atoms with Crippen LogP contribution in [0, 0.1) is 0 Å². The van der Waals surface area contributed by atoms with Crippen LogP contribution in [0.5, 0.6) is 0 Å². The average molecular weight is 393 g/mol. The quantitative estimate of drug-likeness (QED) is 0.724. The summed E-state index contributed by atoms with van der Waals surface area (Å²) < 4.78 is 27.3. The fraction of sp³-hybridized carbons (Fsp3) is 0.100. The van der Waals surface area contributed by atoms with Gasteiger partial charge in [0.25, 0.3) is 10.0 Å². The molecule has 0 aliphatic carbocycles. The van der Waals surface area contributed by atoms with Crippen LogP contribution in [0.1, 0.15) is 0 Å². The second-order valence-corrected chi connectivity index (χ2v) is 8.52. The first-order chi connectivity index (χ1) is 13.5. The first-order valence-corrected chi connectivity index (χ1v) is 10.1. The molecule has 5 rings (SSSR count). The van der Waals surface area contributed by atoms with E-state index in [9.17, 15) is 18.0 Å². The number of rotatable bonds is 2. The van der Waals surface area contributed by atoms with Crippen molar-refractivity contribution in [1.82, 2.24) is 0 Å². The van der Waals surface area contributed by atoms with E-state index in [1.54, 1.807) is 48.5 Å². The molecule has 7 nitrogen and oxygen atoms in total. The molecule has 3 aromatic rings. The molecular formula is C20H15N3O4S. The van der Waals surface area contributed by atoms with Gasteiger partial charge in [0.15, 0.2) is 0 Å². The summed E-state index contributed by atoms with van der Waals surface area (Å²) >= 11 is 0. The Kier molecular flexibility index (Phi) is 3.47. The van der Waals surface area contributed by atoms with Crippen LogP contribution < -0.4 is 14.5 Å². The summed E-state index contributed by atoms with van der Waals surface area (Å²) in [7, 11) is -3.84. The van der Waals surface area contributed by atoms with Crippen molar-refractivity contribution in [2.45, 2.75) is 4.90 Å². The van der Waals surface area contributed by atoms with Crippen molar-refractivity contribution in [3.63, 3.8) is 0 Å². The molecule has 0 fully saturated rings. The number of hydrogen-bond acceptors (Lipinski definition) is 4. The maximum Gasteiger partial charge on any atom is 0.265 e. The van der Waals surface area contributed by atoms with Crippen molar-refractivity contribution >= 4 is 49.7 Å². The number of anilines is 3. The molecule has 28 heavy (non-hydrogen) atoms. The van der Waals surface area contributed by atoms with Gasteiger partial charge >= 0.3 is 0 Å². The van der Waals surface area contributed by atoms with E-state index in [0.29, 0.717) is 22.4 Å². The normalized spacial score (nSPS) is 16.8. The van der Waals surface area contributed by atoms with Gasteiger partial charge in [-0.25, -0.2) is 8.42 Å². The third kappa shape index (κ3) is 2.31. The second kappa shape index (κ2) is 5.80. The highest BCUT2D eigenvalue weighted by molar-refractivity contribution is 7.93. The molecule has 2 aliphatic heterocycles. The van der Waals surface area contributed by atoms with Crippen molar-refractivity contribution in [2.24, 2.45) is 0 Å². The Balaban J connectivity index is 1.55. The number of benzene rings is 3. The fourth-order valence-corrected chi connectivity index (χ4v) is 5.45. The molecule has 8 heteroatoms. The smallest absolute Gasteiger partial charge is 0.265 e. The first-order valence-electron chi connectivity index (χ1n) is 8.70. The second-order valence-electron chi connectivity index (χ2n) is 6.69. The van der Waals surface area contributed by atoms with E-state index in [2.05, 4.69) is 5.32 Å². The molecule has 0 aromatic heterocycles. The lowest BCUT2D eigenvalue weighted by atomic mass is 10.1. The van der Waals surface area contributed by atoms with Gasteiger partial charge in [0.1, 0.15) is 13.1 Å². The third-order valence-electron chi connectivity index (χ3n) is 5.03. The Hall–Kier alpha value is -3.39. The lowest BCUT2D eigenvalue weighted by Crippen LogP contribution is -2.47. The number of amides is 2. The Morgan fingerprint density at radius 2 is 1.68 bits per heavy atom. The minimum Gasteiger partial charge on any atom is -0.323 e.